The summed E-state index contributed by atoms with van der Waals surface area (Å²) in [7, 11) is 1.65. The molecule has 0 radical (unpaired) electrons. The zero-order valence-corrected chi connectivity index (χ0v) is 19.5. The van der Waals surface area contributed by atoms with Crippen molar-refractivity contribution >= 4 is 34.8 Å². The summed E-state index contributed by atoms with van der Waals surface area (Å²) in [6.45, 7) is 2.02. The van der Waals surface area contributed by atoms with Crippen LogP contribution in [-0.4, -0.2) is 40.6 Å². The fourth-order valence-corrected chi connectivity index (χ4v) is 4.23. The first-order valence-corrected chi connectivity index (χ1v) is 11.3. The smallest absolute Gasteiger partial charge is 0.338 e. The molecule has 0 aliphatic heterocycles. The Bertz CT molecular complexity index is 1280. The van der Waals surface area contributed by atoms with E-state index in [4.69, 9.17) is 20.8 Å². The van der Waals surface area contributed by atoms with Gasteiger partial charge in [0.15, 0.2) is 6.61 Å². The number of carbonyl (C=O) groups excluding carboxylic acids is 2. The lowest BCUT2D eigenvalue weighted by molar-refractivity contribution is -0.133. The van der Waals surface area contributed by atoms with Gasteiger partial charge in [0.25, 0.3) is 5.91 Å². The summed E-state index contributed by atoms with van der Waals surface area (Å²) in [5.41, 5.74) is 2.89. The van der Waals surface area contributed by atoms with E-state index < -0.39 is 5.97 Å². The number of benzene rings is 2. The molecule has 2 aromatic carbocycles. The minimum absolute atomic E-state index is 0.306. The SMILES string of the molecule is Cc1ccccc1-c1nnc(-c2ccc(C(=O)OCC(=O)N(C)Cc3ccc(Cl)s3)cc2)o1. The summed E-state index contributed by atoms with van der Waals surface area (Å²) < 4.78 is 11.6. The van der Waals surface area contributed by atoms with E-state index in [1.54, 1.807) is 37.4 Å². The van der Waals surface area contributed by atoms with Crippen molar-refractivity contribution in [3.8, 4) is 22.9 Å². The molecule has 0 saturated carbocycles. The number of hydrogen-bond donors (Lipinski definition) is 0. The predicted molar refractivity (Wildman–Crippen MR) is 126 cm³/mol. The van der Waals surface area contributed by atoms with Gasteiger partial charge in [-0.25, -0.2) is 4.79 Å². The number of esters is 1. The van der Waals surface area contributed by atoms with Crippen LogP contribution in [0.25, 0.3) is 22.9 Å². The van der Waals surface area contributed by atoms with Gasteiger partial charge < -0.3 is 14.1 Å². The Kier molecular flexibility index (Phi) is 6.86. The van der Waals surface area contributed by atoms with E-state index in [-0.39, 0.29) is 12.5 Å². The second-order valence-electron chi connectivity index (χ2n) is 7.34. The van der Waals surface area contributed by atoms with Gasteiger partial charge in [-0.3, -0.25) is 4.79 Å². The van der Waals surface area contributed by atoms with Crippen LogP contribution in [0.1, 0.15) is 20.8 Å². The molecule has 0 atom stereocenters. The molecule has 2 aromatic heterocycles. The molecule has 33 heavy (non-hydrogen) atoms. The number of likely N-dealkylation sites (N-methyl/N-ethyl adjacent to an activating group) is 1. The summed E-state index contributed by atoms with van der Waals surface area (Å²) in [6, 6.07) is 18.0. The molecule has 4 aromatic rings. The molecule has 7 nitrogen and oxygen atoms in total. The second-order valence-corrected chi connectivity index (χ2v) is 9.14. The molecule has 0 bridgehead atoms. The molecule has 0 fully saturated rings. The average Bonchev–Trinajstić information content (AvgIpc) is 3.47. The van der Waals surface area contributed by atoms with Crippen molar-refractivity contribution in [1.82, 2.24) is 15.1 Å². The second kappa shape index (κ2) is 9.97. The van der Waals surface area contributed by atoms with Gasteiger partial charge in [0.05, 0.1) is 16.4 Å². The first-order chi connectivity index (χ1) is 15.9. The Morgan fingerprint density at radius 2 is 1.76 bits per heavy atom. The lowest BCUT2D eigenvalue weighted by Gasteiger charge is -2.16. The van der Waals surface area contributed by atoms with E-state index in [1.807, 2.05) is 37.3 Å². The molecular weight excluding hydrogens is 462 g/mol. The molecule has 0 saturated heterocycles. The summed E-state index contributed by atoms with van der Waals surface area (Å²) in [5, 5.41) is 8.22. The van der Waals surface area contributed by atoms with Gasteiger partial charge in [-0.2, -0.15) is 0 Å². The number of aryl methyl sites for hydroxylation is 1. The molecule has 0 N–H and O–H groups in total. The first kappa shape index (κ1) is 22.7. The van der Waals surface area contributed by atoms with Crippen LogP contribution in [-0.2, 0) is 16.1 Å². The molecular formula is C24H20ClN3O4S. The summed E-state index contributed by atoms with van der Waals surface area (Å²) >= 11 is 7.31. The standard InChI is InChI=1S/C24H20ClN3O4S/c1-15-5-3-4-6-19(15)23-27-26-22(32-23)16-7-9-17(10-8-16)24(30)31-14-21(29)28(2)13-18-11-12-20(25)33-18/h3-12H,13-14H2,1-2H3. The van der Waals surface area contributed by atoms with Gasteiger partial charge in [0.2, 0.25) is 11.8 Å². The highest BCUT2D eigenvalue weighted by Crippen LogP contribution is 2.26. The summed E-state index contributed by atoms with van der Waals surface area (Å²) in [5.74, 6) is -0.120. The quantitative estimate of drug-likeness (QED) is 0.335. The van der Waals surface area contributed by atoms with Crippen molar-refractivity contribution in [1.29, 1.82) is 0 Å². The number of hydrogen-bond acceptors (Lipinski definition) is 7. The third-order valence-corrected chi connectivity index (χ3v) is 6.16. The van der Waals surface area contributed by atoms with Crippen LogP contribution in [0.5, 0.6) is 0 Å². The number of thiophene rings is 1. The van der Waals surface area contributed by atoms with E-state index in [9.17, 15) is 9.59 Å². The maximum Gasteiger partial charge on any atom is 0.338 e. The highest BCUT2D eigenvalue weighted by molar-refractivity contribution is 7.16. The van der Waals surface area contributed by atoms with Crippen molar-refractivity contribution < 1.29 is 18.7 Å². The Morgan fingerprint density at radius 1 is 1.03 bits per heavy atom. The van der Waals surface area contributed by atoms with Gasteiger partial charge in [-0.15, -0.1) is 21.5 Å². The van der Waals surface area contributed by atoms with Crippen LogP contribution >= 0.6 is 22.9 Å². The Labute approximate surface area is 199 Å². The highest BCUT2D eigenvalue weighted by Gasteiger charge is 2.16. The molecule has 0 aliphatic rings. The highest BCUT2D eigenvalue weighted by atomic mass is 35.5. The Hall–Kier alpha value is -3.49. The van der Waals surface area contributed by atoms with Crippen LogP contribution in [0.4, 0.5) is 0 Å². The first-order valence-electron chi connectivity index (χ1n) is 10.1. The van der Waals surface area contributed by atoms with Crippen molar-refractivity contribution in [2.45, 2.75) is 13.5 Å². The third-order valence-electron chi connectivity index (χ3n) is 4.94. The Morgan fingerprint density at radius 3 is 2.45 bits per heavy atom. The molecule has 2 heterocycles. The topological polar surface area (TPSA) is 85.5 Å². The van der Waals surface area contributed by atoms with E-state index in [2.05, 4.69) is 10.2 Å². The van der Waals surface area contributed by atoms with Gasteiger partial charge >= 0.3 is 5.97 Å². The lowest BCUT2D eigenvalue weighted by Crippen LogP contribution is -2.30. The number of rotatable bonds is 7. The van der Waals surface area contributed by atoms with Crippen LogP contribution in [0, 0.1) is 6.92 Å². The Balaban J connectivity index is 1.35. The zero-order chi connectivity index (χ0) is 23.4. The maximum absolute atomic E-state index is 12.3. The third kappa shape index (κ3) is 5.47. The zero-order valence-electron chi connectivity index (χ0n) is 17.9. The number of halogens is 1. The van der Waals surface area contributed by atoms with E-state index in [0.29, 0.717) is 33.8 Å². The van der Waals surface area contributed by atoms with E-state index >= 15 is 0 Å². The molecule has 4 rings (SSSR count). The molecule has 9 heteroatoms. The van der Waals surface area contributed by atoms with Crippen LogP contribution in [0.2, 0.25) is 4.34 Å². The molecule has 168 valence electrons. The van der Waals surface area contributed by atoms with Crippen molar-refractivity contribution in [3.05, 3.63) is 81.0 Å². The van der Waals surface area contributed by atoms with Gasteiger partial charge in [0, 0.05) is 23.1 Å². The van der Waals surface area contributed by atoms with Gasteiger partial charge in [-0.05, 0) is 55.0 Å². The maximum atomic E-state index is 12.3. The minimum Gasteiger partial charge on any atom is -0.452 e. The van der Waals surface area contributed by atoms with Gasteiger partial charge in [0.1, 0.15) is 0 Å². The largest absolute Gasteiger partial charge is 0.452 e. The molecule has 0 spiro atoms. The number of amides is 1. The van der Waals surface area contributed by atoms with Crippen LogP contribution in [0.15, 0.2) is 65.1 Å². The molecule has 0 aliphatic carbocycles. The van der Waals surface area contributed by atoms with E-state index in [1.165, 1.54) is 16.2 Å². The molecule has 1 amide bonds. The van der Waals surface area contributed by atoms with Crippen LogP contribution < -0.4 is 0 Å². The number of aromatic nitrogens is 2. The average molecular weight is 482 g/mol. The van der Waals surface area contributed by atoms with Gasteiger partial charge in [-0.1, -0.05) is 29.8 Å². The summed E-state index contributed by atoms with van der Waals surface area (Å²) in [6.07, 6.45) is 0. The predicted octanol–water partition coefficient (Wildman–Crippen LogP) is 5.24. The normalized spacial score (nSPS) is 10.8. The van der Waals surface area contributed by atoms with Crippen molar-refractivity contribution in [2.75, 3.05) is 13.7 Å². The monoisotopic (exact) mass is 481 g/mol. The van der Waals surface area contributed by atoms with Crippen molar-refractivity contribution in [2.24, 2.45) is 0 Å². The summed E-state index contributed by atoms with van der Waals surface area (Å²) in [4.78, 5) is 27.0. The van der Waals surface area contributed by atoms with E-state index in [0.717, 1.165) is 16.0 Å². The lowest BCUT2D eigenvalue weighted by atomic mass is 10.1. The minimum atomic E-state index is -0.589. The number of carbonyl (C=O) groups is 2. The number of ether oxygens (including phenoxy) is 1. The van der Waals surface area contributed by atoms with Crippen LogP contribution in [0.3, 0.4) is 0 Å². The fraction of sp³-hybridized carbons (Fsp3) is 0.167. The van der Waals surface area contributed by atoms with Crippen molar-refractivity contribution in [3.63, 3.8) is 0 Å². The fourth-order valence-electron chi connectivity index (χ4n) is 3.09. The molecule has 0 unspecified atom stereocenters. The number of nitrogens with zero attached hydrogens (tertiary/aromatic N) is 3.